The molecule has 3 aromatic heterocycles. The molecule has 0 radical (unpaired) electrons. The summed E-state index contributed by atoms with van der Waals surface area (Å²) in [5.41, 5.74) is 9.33. The fraction of sp³-hybridized carbons (Fsp3) is 0.195. The lowest BCUT2D eigenvalue weighted by molar-refractivity contribution is -0.688. The second-order valence-corrected chi connectivity index (χ2v) is 12.5. The third-order valence-electron chi connectivity index (χ3n) is 8.81. The van der Waals surface area contributed by atoms with Crippen LogP contribution in [0.4, 0.5) is 0 Å². The number of benzene rings is 4. The smallest absolute Gasteiger partial charge is 0.233 e. The van der Waals surface area contributed by atoms with Crippen LogP contribution in [0.1, 0.15) is 45.9 Å². The summed E-state index contributed by atoms with van der Waals surface area (Å²) in [6.07, 6.45) is 20.6. The third kappa shape index (κ3) is 8.03. The summed E-state index contributed by atoms with van der Waals surface area (Å²) in [5, 5.41) is 0. The van der Waals surface area contributed by atoms with E-state index in [-0.39, 0.29) is 0 Å². The summed E-state index contributed by atoms with van der Waals surface area (Å²) in [6.45, 7) is 7.46. The lowest BCUT2D eigenvalue weighted by atomic mass is 10.1. The van der Waals surface area contributed by atoms with Crippen molar-refractivity contribution in [3.05, 3.63) is 198 Å². The largest absolute Gasteiger partial charge is 0.244 e. The first-order valence-corrected chi connectivity index (χ1v) is 16.6. The topological polar surface area (TPSA) is 26.4 Å². The maximum Gasteiger partial charge on any atom is 0.244 e. The van der Waals surface area contributed by atoms with E-state index in [9.17, 15) is 0 Å². The van der Waals surface area contributed by atoms with E-state index < -0.39 is 0 Å². The number of nitrogens with zero attached hydrogens (tertiary/aromatic N) is 6. The van der Waals surface area contributed by atoms with Crippen LogP contribution in [0.25, 0.3) is 0 Å². The Kier molecular flexibility index (Phi) is 9.18. The Morgan fingerprint density at radius 1 is 0.404 bits per heavy atom. The van der Waals surface area contributed by atoms with E-state index in [0.717, 1.165) is 45.7 Å². The normalized spacial score (nSPS) is 11.3. The SMILES string of the molecule is CCc1ccccc1Cn1cc[n+](Cc2ccc(C[n+]3ccn(Cc4ccc(Cn5cc[n+](Cc6ccccc6)c5)cc4)c3)cc2)c1. The van der Waals surface area contributed by atoms with Crippen molar-refractivity contribution in [3.63, 3.8) is 0 Å². The molecule has 7 rings (SSSR count). The number of hydrogen-bond acceptors (Lipinski definition) is 0. The van der Waals surface area contributed by atoms with Gasteiger partial charge >= 0.3 is 0 Å². The molecule has 47 heavy (non-hydrogen) atoms. The molecule has 3 heterocycles. The predicted octanol–water partition coefficient (Wildman–Crippen LogP) is 5.81. The molecule has 0 saturated heterocycles. The number of aryl methyl sites for hydroxylation is 1. The Hall–Kier alpha value is -5.49. The summed E-state index contributed by atoms with van der Waals surface area (Å²) in [7, 11) is 0. The van der Waals surface area contributed by atoms with Gasteiger partial charge in [0.15, 0.2) is 0 Å². The van der Waals surface area contributed by atoms with Crippen LogP contribution >= 0.6 is 0 Å². The molecule has 0 aliphatic rings. The minimum absolute atomic E-state index is 0.855. The lowest BCUT2D eigenvalue weighted by Crippen LogP contribution is -2.32. The van der Waals surface area contributed by atoms with Gasteiger partial charge in [-0.25, -0.2) is 27.4 Å². The summed E-state index contributed by atoms with van der Waals surface area (Å²) >= 11 is 0. The van der Waals surface area contributed by atoms with E-state index in [1.165, 1.54) is 38.9 Å². The number of aromatic nitrogens is 6. The van der Waals surface area contributed by atoms with Crippen molar-refractivity contribution in [1.29, 1.82) is 0 Å². The fourth-order valence-corrected chi connectivity index (χ4v) is 6.27. The Bertz CT molecular complexity index is 2010. The molecular weight excluding hydrogens is 576 g/mol. The fourth-order valence-electron chi connectivity index (χ4n) is 6.27. The lowest BCUT2D eigenvalue weighted by Gasteiger charge is -2.04. The molecule has 0 amide bonds. The van der Waals surface area contributed by atoms with Crippen molar-refractivity contribution in [2.45, 2.75) is 52.6 Å². The number of hydrogen-bond donors (Lipinski definition) is 0. The average Bonchev–Trinajstić information content (AvgIpc) is 3.86. The maximum atomic E-state index is 2.27. The van der Waals surface area contributed by atoms with Gasteiger partial charge in [-0.2, -0.15) is 0 Å². The second kappa shape index (κ2) is 14.3. The van der Waals surface area contributed by atoms with Gasteiger partial charge in [0, 0.05) is 0 Å². The van der Waals surface area contributed by atoms with Crippen LogP contribution in [0.2, 0.25) is 0 Å². The molecule has 0 atom stereocenters. The van der Waals surface area contributed by atoms with Gasteiger partial charge < -0.3 is 0 Å². The van der Waals surface area contributed by atoms with E-state index in [2.05, 4.69) is 194 Å². The van der Waals surface area contributed by atoms with Crippen molar-refractivity contribution < 1.29 is 13.7 Å². The first-order chi connectivity index (χ1) is 23.1. The summed E-state index contributed by atoms with van der Waals surface area (Å²) < 4.78 is 13.5. The molecule has 6 nitrogen and oxygen atoms in total. The van der Waals surface area contributed by atoms with E-state index in [4.69, 9.17) is 0 Å². The van der Waals surface area contributed by atoms with Crippen LogP contribution in [-0.2, 0) is 45.7 Å². The average molecular weight is 620 g/mol. The summed E-state index contributed by atoms with van der Waals surface area (Å²) in [4.78, 5) is 0. The van der Waals surface area contributed by atoms with Crippen LogP contribution in [0, 0.1) is 0 Å². The minimum atomic E-state index is 0.855. The van der Waals surface area contributed by atoms with Gasteiger partial charge in [0.2, 0.25) is 19.0 Å². The van der Waals surface area contributed by atoms with E-state index in [0.29, 0.717) is 0 Å². The van der Waals surface area contributed by atoms with Crippen LogP contribution in [0.5, 0.6) is 0 Å². The third-order valence-corrected chi connectivity index (χ3v) is 8.81. The highest BCUT2D eigenvalue weighted by Gasteiger charge is 2.11. The second-order valence-electron chi connectivity index (χ2n) is 12.5. The molecule has 0 bridgehead atoms. The highest BCUT2D eigenvalue weighted by molar-refractivity contribution is 5.27. The number of rotatable bonds is 13. The summed E-state index contributed by atoms with van der Waals surface area (Å²) in [6, 6.07) is 37.3. The molecule has 0 aliphatic heterocycles. The predicted molar refractivity (Wildman–Crippen MR) is 184 cm³/mol. The quantitative estimate of drug-likeness (QED) is 0.146. The van der Waals surface area contributed by atoms with E-state index >= 15 is 0 Å². The first-order valence-electron chi connectivity index (χ1n) is 16.6. The van der Waals surface area contributed by atoms with Gasteiger partial charge in [0.1, 0.15) is 76.4 Å². The molecule has 234 valence electrons. The van der Waals surface area contributed by atoms with Gasteiger partial charge in [-0.05, 0) is 45.4 Å². The molecular formula is C41H43N6+3. The summed E-state index contributed by atoms with van der Waals surface area (Å²) in [5.74, 6) is 0. The van der Waals surface area contributed by atoms with Crippen LogP contribution < -0.4 is 13.7 Å². The Morgan fingerprint density at radius 2 is 0.787 bits per heavy atom. The molecule has 0 aliphatic carbocycles. The van der Waals surface area contributed by atoms with Crippen molar-refractivity contribution >= 4 is 0 Å². The Morgan fingerprint density at radius 3 is 1.26 bits per heavy atom. The van der Waals surface area contributed by atoms with Crippen molar-refractivity contribution in [3.8, 4) is 0 Å². The molecule has 0 saturated carbocycles. The number of imidazole rings is 3. The molecule has 7 aromatic rings. The zero-order valence-electron chi connectivity index (χ0n) is 27.1. The highest BCUT2D eigenvalue weighted by atomic mass is 15.1. The van der Waals surface area contributed by atoms with Crippen molar-refractivity contribution in [1.82, 2.24) is 13.7 Å². The molecule has 0 fully saturated rings. The highest BCUT2D eigenvalue weighted by Crippen LogP contribution is 2.12. The van der Waals surface area contributed by atoms with Crippen molar-refractivity contribution in [2.75, 3.05) is 0 Å². The van der Waals surface area contributed by atoms with E-state index in [1.807, 2.05) is 0 Å². The van der Waals surface area contributed by atoms with Gasteiger partial charge in [-0.15, -0.1) is 0 Å². The van der Waals surface area contributed by atoms with Gasteiger partial charge in [-0.1, -0.05) is 110 Å². The van der Waals surface area contributed by atoms with Crippen molar-refractivity contribution in [2.24, 2.45) is 0 Å². The van der Waals surface area contributed by atoms with Crippen LogP contribution in [0.3, 0.4) is 0 Å². The molecule has 0 spiro atoms. The standard InChI is InChI=1S/C41H43N6/c1-2-40-10-6-7-11-41(40)31-47-25-24-46(34-47)30-39-18-16-38(17-19-39)29-45-23-22-44(33-45)28-37-14-12-36(13-15-37)27-43-21-20-42(32-43)26-35-8-4-3-5-9-35/h3-25,32-34H,2,26-31H2,1H3/q+3. The molecule has 0 unspecified atom stereocenters. The maximum absolute atomic E-state index is 2.27. The van der Waals surface area contributed by atoms with Gasteiger partial charge in [0.05, 0.1) is 0 Å². The van der Waals surface area contributed by atoms with Crippen LogP contribution in [-0.4, -0.2) is 13.7 Å². The molecule has 0 N–H and O–H groups in total. The molecule has 4 aromatic carbocycles. The van der Waals surface area contributed by atoms with Gasteiger partial charge in [-0.3, -0.25) is 0 Å². The molecule has 6 heteroatoms. The Labute approximate surface area is 277 Å². The van der Waals surface area contributed by atoms with Crippen LogP contribution in [0.15, 0.2) is 159 Å². The van der Waals surface area contributed by atoms with E-state index in [1.54, 1.807) is 0 Å². The zero-order chi connectivity index (χ0) is 31.8. The Balaban J connectivity index is 0.891. The zero-order valence-corrected chi connectivity index (χ0v) is 27.1. The first kappa shape index (κ1) is 30.2. The monoisotopic (exact) mass is 619 g/mol. The van der Waals surface area contributed by atoms with Gasteiger partial charge in [0.25, 0.3) is 0 Å². The minimum Gasteiger partial charge on any atom is -0.233 e.